The fourth-order valence-corrected chi connectivity index (χ4v) is 1.71. The molecule has 0 aliphatic heterocycles. The van der Waals surface area contributed by atoms with Crippen molar-refractivity contribution in [2.75, 3.05) is 20.3 Å². The molecule has 1 aromatic carbocycles. The summed E-state index contributed by atoms with van der Waals surface area (Å²) in [6.07, 6.45) is 0. The molecule has 2 unspecified atom stereocenters. The van der Waals surface area contributed by atoms with Gasteiger partial charge in [-0.15, -0.1) is 0 Å². The van der Waals surface area contributed by atoms with Crippen LogP contribution in [0.15, 0.2) is 18.2 Å². The molecule has 4 heteroatoms. The van der Waals surface area contributed by atoms with Crippen molar-refractivity contribution in [3.05, 3.63) is 23.8 Å². The Kier molecular flexibility index (Phi) is 5.25. The van der Waals surface area contributed by atoms with Gasteiger partial charge < -0.3 is 20.3 Å². The van der Waals surface area contributed by atoms with Crippen LogP contribution in [0, 0.1) is 5.92 Å². The Balaban J connectivity index is 2.54. The number of hydrogen-bond donors (Lipinski definition) is 3. The summed E-state index contributed by atoms with van der Waals surface area (Å²) in [4.78, 5) is 0. The van der Waals surface area contributed by atoms with Gasteiger partial charge >= 0.3 is 0 Å². The van der Waals surface area contributed by atoms with Crippen LogP contribution in [-0.2, 0) is 4.74 Å². The lowest BCUT2D eigenvalue weighted by Gasteiger charge is -2.18. The van der Waals surface area contributed by atoms with Crippen LogP contribution in [0.3, 0.4) is 0 Å². The van der Waals surface area contributed by atoms with E-state index in [0.717, 1.165) is 12.1 Å². The van der Waals surface area contributed by atoms with Gasteiger partial charge in [-0.25, -0.2) is 0 Å². The van der Waals surface area contributed by atoms with Gasteiger partial charge in [-0.05, 0) is 30.5 Å². The first kappa shape index (κ1) is 13.8. The molecule has 17 heavy (non-hydrogen) atoms. The quantitative estimate of drug-likeness (QED) is 0.711. The van der Waals surface area contributed by atoms with Crippen molar-refractivity contribution in [2.24, 2.45) is 5.92 Å². The Bertz CT molecular complexity index is 334. The first-order valence-electron chi connectivity index (χ1n) is 5.78. The second-order valence-corrected chi connectivity index (χ2v) is 4.47. The molecule has 0 aromatic heterocycles. The smallest absolute Gasteiger partial charge is 0.119 e. The minimum atomic E-state index is 0.0762. The third-order valence-corrected chi connectivity index (χ3v) is 2.65. The van der Waals surface area contributed by atoms with Crippen LogP contribution in [0.2, 0.25) is 0 Å². The van der Waals surface area contributed by atoms with Crippen molar-refractivity contribution in [2.45, 2.75) is 19.9 Å². The summed E-state index contributed by atoms with van der Waals surface area (Å²) < 4.78 is 5.06. The third-order valence-electron chi connectivity index (χ3n) is 2.65. The van der Waals surface area contributed by atoms with Gasteiger partial charge in [0.1, 0.15) is 11.5 Å². The van der Waals surface area contributed by atoms with Gasteiger partial charge in [0, 0.05) is 32.4 Å². The second-order valence-electron chi connectivity index (χ2n) is 4.47. The van der Waals surface area contributed by atoms with E-state index < -0.39 is 0 Å². The van der Waals surface area contributed by atoms with Crippen molar-refractivity contribution in [1.82, 2.24) is 5.32 Å². The molecule has 3 N–H and O–H groups in total. The van der Waals surface area contributed by atoms with E-state index in [1.165, 1.54) is 6.07 Å². The summed E-state index contributed by atoms with van der Waals surface area (Å²) >= 11 is 0. The molecule has 1 rings (SSSR count). The van der Waals surface area contributed by atoms with Gasteiger partial charge in [0.25, 0.3) is 0 Å². The average molecular weight is 239 g/mol. The second kappa shape index (κ2) is 6.47. The third kappa shape index (κ3) is 4.63. The highest BCUT2D eigenvalue weighted by Crippen LogP contribution is 2.24. The zero-order valence-corrected chi connectivity index (χ0v) is 10.6. The summed E-state index contributed by atoms with van der Waals surface area (Å²) in [7, 11) is 1.69. The van der Waals surface area contributed by atoms with E-state index in [9.17, 15) is 10.2 Å². The maximum atomic E-state index is 9.40. The fourth-order valence-electron chi connectivity index (χ4n) is 1.71. The molecule has 2 atom stereocenters. The molecule has 1 aromatic rings. The Hall–Kier alpha value is -1.26. The number of phenols is 2. The summed E-state index contributed by atoms with van der Waals surface area (Å²) in [5.74, 6) is 0.588. The molecule has 0 fully saturated rings. The molecule has 0 radical (unpaired) electrons. The number of phenolic OH excluding ortho intramolecular Hbond substituents is 2. The number of nitrogens with one attached hydrogen (secondary N) is 1. The highest BCUT2D eigenvalue weighted by molar-refractivity contribution is 5.37. The maximum absolute atomic E-state index is 9.40. The largest absolute Gasteiger partial charge is 0.508 e. The minimum absolute atomic E-state index is 0.0762. The molecule has 0 saturated carbocycles. The summed E-state index contributed by atoms with van der Waals surface area (Å²) in [5.41, 5.74) is 0.868. The monoisotopic (exact) mass is 239 g/mol. The first-order valence-corrected chi connectivity index (χ1v) is 5.78. The molecule has 4 nitrogen and oxygen atoms in total. The lowest BCUT2D eigenvalue weighted by Crippen LogP contribution is -2.26. The van der Waals surface area contributed by atoms with Gasteiger partial charge in [-0.2, -0.15) is 0 Å². The van der Waals surface area contributed by atoms with E-state index in [0.29, 0.717) is 12.5 Å². The van der Waals surface area contributed by atoms with E-state index in [-0.39, 0.29) is 17.5 Å². The van der Waals surface area contributed by atoms with Crippen LogP contribution in [0.25, 0.3) is 0 Å². The van der Waals surface area contributed by atoms with Crippen LogP contribution in [0.1, 0.15) is 25.5 Å². The van der Waals surface area contributed by atoms with Crippen molar-refractivity contribution < 1.29 is 14.9 Å². The maximum Gasteiger partial charge on any atom is 0.119 e. The molecule has 0 heterocycles. The average Bonchev–Trinajstić information content (AvgIpc) is 2.25. The van der Waals surface area contributed by atoms with Crippen LogP contribution in [0.4, 0.5) is 0 Å². The number of ether oxygens (including phenoxy) is 1. The summed E-state index contributed by atoms with van der Waals surface area (Å²) in [6, 6.07) is 4.70. The molecule has 0 aliphatic carbocycles. The van der Waals surface area contributed by atoms with Crippen molar-refractivity contribution in [3.8, 4) is 11.5 Å². The highest BCUT2D eigenvalue weighted by Gasteiger charge is 2.09. The lowest BCUT2D eigenvalue weighted by atomic mass is 10.1. The number of aromatic hydroxyl groups is 2. The van der Waals surface area contributed by atoms with Crippen LogP contribution < -0.4 is 5.32 Å². The zero-order valence-electron chi connectivity index (χ0n) is 10.6. The van der Waals surface area contributed by atoms with E-state index in [1.807, 2.05) is 6.92 Å². The number of hydrogen-bond acceptors (Lipinski definition) is 4. The Morgan fingerprint density at radius 2 is 1.76 bits per heavy atom. The van der Waals surface area contributed by atoms with Crippen molar-refractivity contribution >= 4 is 0 Å². The van der Waals surface area contributed by atoms with Gasteiger partial charge in [-0.3, -0.25) is 0 Å². The van der Waals surface area contributed by atoms with Gasteiger partial charge in [0.2, 0.25) is 0 Å². The predicted molar refractivity (Wildman–Crippen MR) is 67.2 cm³/mol. The normalized spacial score (nSPS) is 14.5. The van der Waals surface area contributed by atoms with Crippen LogP contribution in [0.5, 0.6) is 11.5 Å². The van der Waals surface area contributed by atoms with Gasteiger partial charge in [0.15, 0.2) is 0 Å². The molecule has 0 saturated heterocycles. The zero-order chi connectivity index (χ0) is 12.8. The van der Waals surface area contributed by atoms with Gasteiger partial charge in [-0.1, -0.05) is 6.92 Å². The number of methoxy groups -OCH3 is 1. The molecular formula is C13H21NO3. The van der Waals surface area contributed by atoms with Crippen molar-refractivity contribution in [1.29, 1.82) is 0 Å². The summed E-state index contributed by atoms with van der Waals surface area (Å²) in [5, 5.41) is 22.1. The van der Waals surface area contributed by atoms with Crippen LogP contribution >= 0.6 is 0 Å². The molecule has 0 spiro atoms. The molecule has 0 bridgehead atoms. The van der Waals surface area contributed by atoms with E-state index in [2.05, 4.69) is 12.2 Å². The SMILES string of the molecule is COCC(C)CNC(C)c1cc(O)cc(O)c1. The predicted octanol–water partition coefficient (Wildman–Crippen LogP) is 2.03. The fraction of sp³-hybridized carbons (Fsp3) is 0.538. The Morgan fingerprint density at radius 3 is 2.29 bits per heavy atom. The topological polar surface area (TPSA) is 61.7 Å². The summed E-state index contributed by atoms with van der Waals surface area (Å²) in [6.45, 7) is 5.63. The van der Waals surface area contributed by atoms with E-state index >= 15 is 0 Å². The minimum Gasteiger partial charge on any atom is -0.508 e. The van der Waals surface area contributed by atoms with Gasteiger partial charge in [0.05, 0.1) is 0 Å². The van der Waals surface area contributed by atoms with E-state index in [4.69, 9.17) is 4.74 Å². The van der Waals surface area contributed by atoms with Crippen molar-refractivity contribution in [3.63, 3.8) is 0 Å². The Morgan fingerprint density at radius 1 is 1.18 bits per heavy atom. The van der Waals surface area contributed by atoms with Crippen LogP contribution in [-0.4, -0.2) is 30.5 Å². The van der Waals surface area contributed by atoms with E-state index in [1.54, 1.807) is 19.2 Å². The molecular weight excluding hydrogens is 218 g/mol. The molecule has 0 amide bonds. The highest BCUT2D eigenvalue weighted by atomic mass is 16.5. The number of benzene rings is 1. The Labute approximate surface area is 102 Å². The number of rotatable bonds is 6. The molecule has 0 aliphatic rings. The standard InChI is InChI=1S/C13H21NO3/c1-9(8-17-3)7-14-10(2)11-4-12(15)6-13(16)5-11/h4-6,9-10,14-16H,7-8H2,1-3H3. The first-order chi connectivity index (χ1) is 8.02. The molecule has 96 valence electrons. The lowest BCUT2D eigenvalue weighted by molar-refractivity contribution is 0.157.